The van der Waals surface area contributed by atoms with E-state index in [2.05, 4.69) is 5.32 Å². The Kier molecular flexibility index (Phi) is 3.19. The first-order chi connectivity index (χ1) is 8.43. The minimum Gasteiger partial charge on any atom is -0.383 e. The third-order valence-corrected chi connectivity index (χ3v) is 2.89. The first kappa shape index (κ1) is 12.7. The molecule has 3 nitrogen and oxygen atoms in total. The van der Waals surface area contributed by atoms with Gasteiger partial charge in [0.1, 0.15) is 0 Å². The van der Waals surface area contributed by atoms with Gasteiger partial charge in [-0.1, -0.05) is 0 Å². The van der Waals surface area contributed by atoms with Gasteiger partial charge in [0.25, 0.3) is 0 Å². The van der Waals surface area contributed by atoms with Crippen LogP contribution >= 0.6 is 0 Å². The van der Waals surface area contributed by atoms with Crippen LogP contribution in [-0.4, -0.2) is 19.0 Å². The monoisotopic (exact) mass is 258 g/mol. The van der Waals surface area contributed by atoms with E-state index in [0.29, 0.717) is 24.5 Å². The minimum absolute atomic E-state index is 0.164. The fraction of sp³-hybridized carbons (Fsp3) is 0.417. The minimum atomic E-state index is -4.40. The van der Waals surface area contributed by atoms with E-state index in [1.165, 1.54) is 11.0 Å². The molecule has 0 saturated carbocycles. The molecule has 0 aromatic heterocycles. The Morgan fingerprint density at radius 2 is 2.11 bits per heavy atom. The van der Waals surface area contributed by atoms with E-state index < -0.39 is 11.7 Å². The molecule has 0 unspecified atom stereocenters. The third kappa shape index (κ3) is 2.27. The fourth-order valence-corrected chi connectivity index (χ4v) is 2.00. The Bertz CT molecular complexity index is 471. The van der Waals surface area contributed by atoms with Crippen LogP contribution in [-0.2, 0) is 11.0 Å². The molecule has 0 fully saturated rings. The average Bonchev–Trinajstić information content (AvgIpc) is 2.45. The predicted molar refractivity (Wildman–Crippen MR) is 62.6 cm³/mol. The zero-order valence-electron chi connectivity index (χ0n) is 9.84. The Hall–Kier alpha value is -1.72. The number of hydrogen-bond acceptors (Lipinski definition) is 2. The number of carbonyl (C=O) groups is 1. The van der Waals surface area contributed by atoms with Crippen LogP contribution in [0, 0.1) is 0 Å². The largest absolute Gasteiger partial charge is 0.416 e. The van der Waals surface area contributed by atoms with Crippen LogP contribution in [0.2, 0.25) is 0 Å². The number of fused-ring (bicyclic) bond motifs is 1. The summed E-state index contributed by atoms with van der Waals surface area (Å²) in [5, 5.41) is 2.97. The molecule has 0 spiro atoms. The number of carbonyl (C=O) groups excluding carboxylic acids is 1. The predicted octanol–water partition coefficient (Wildman–Crippen LogP) is 2.87. The van der Waals surface area contributed by atoms with Gasteiger partial charge in [-0.05, 0) is 25.1 Å². The van der Waals surface area contributed by atoms with E-state index >= 15 is 0 Å². The molecule has 1 aromatic carbocycles. The quantitative estimate of drug-likeness (QED) is 0.840. The summed E-state index contributed by atoms with van der Waals surface area (Å²) in [5.41, 5.74) is 0.127. The van der Waals surface area contributed by atoms with Gasteiger partial charge in [-0.25, -0.2) is 0 Å². The lowest BCUT2D eigenvalue weighted by molar-refractivity contribution is -0.137. The molecule has 1 aliphatic heterocycles. The van der Waals surface area contributed by atoms with Gasteiger partial charge >= 0.3 is 6.18 Å². The molecule has 2 rings (SSSR count). The highest BCUT2D eigenvalue weighted by molar-refractivity contribution is 5.98. The first-order valence-corrected chi connectivity index (χ1v) is 5.69. The maximum absolute atomic E-state index is 12.7. The second-order valence-corrected chi connectivity index (χ2v) is 4.04. The molecule has 1 aliphatic rings. The zero-order chi connectivity index (χ0) is 13.3. The van der Waals surface area contributed by atoms with Crippen LogP contribution < -0.4 is 10.2 Å². The summed E-state index contributed by atoms with van der Waals surface area (Å²) in [5.74, 6) is -0.164. The van der Waals surface area contributed by atoms with E-state index in [4.69, 9.17) is 0 Å². The molecule has 0 aliphatic carbocycles. The van der Waals surface area contributed by atoms with Crippen molar-refractivity contribution in [1.82, 2.24) is 0 Å². The lowest BCUT2D eigenvalue weighted by Gasteiger charge is -2.22. The van der Waals surface area contributed by atoms with Crippen molar-refractivity contribution in [2.75, 3.05) is 23.3 Å². The molecule has 0 radical (unpaired) electrons. The fourth-order valence-electron chi connectivity index (χ4n) is 2.00. The summed E-state index contributed by atoms with van der Waals surface area (Å²) in [6.07, 6.45) is -4.12. The molecule has 0 saturated heterocycles. The van der Waals surface area contributed by atoms with Crippen molar-refractivity contribution in [3.8, 4) is 0 Å². The second kappa shape index (κ2) is 4.51. The number of nitrogens with zero attached hydrogens (tertiary/aromatic N) is 1. The maximum atomic E-state index is 12.7. The van der Waals surface area contributed by atoms with Crippen molar-refractivity contribution in [1.29, 1.82) is 0 Å². The number of anilines is 2. The van der Waals surface area contributed by atoms with E-state index in [9.17, 15) is 18.0 Å². The van der Waals surface area contributed by atoms with E-state index in [0.717, 1.165) is 12.1 Å². The number of alkyl halides is 3. The molecular weight excluding hydrogens is 245 g/mol. The summed E-state index contributed by atoms with van der Waals surface area (Å²) in [4.78, 5) is 13.2. The van der Waals surface area contributed by atoms with Gasteiger partial charge in [0.05, 0.1) is 16.9 Å². The van der Waals surface area contributed by atoms with Crippen molar-refractivity contribution >= 4 is 17.3 Å². The number of amides is 1. The van der Waals surface area contributed by atoms with Gasteiger partial charge in [-0.15, -0.1) is 0 Å². The van der Waals surface area contributed by atoms with Gasteiger partial charge in [0.2, 0.25) is 5.91 Å². The summed E-state index contributed by atoms with van der Waals surface area (Å²) in [7, 11) is 0. The van der Waals surface area contributed by atoms with Crippen LogP contribution in [0.5, 0.6) is 0 Å². The molecular formula is C12H13F3N2O. The topological polar surface area (TPSA) is 32.3 Å². The number of hydrogen-bond donors (Lipinski definition) is 1. The van der Waals surface area contributed by atoms with Crippen LogP contribution in [0.1, 0.15) is 18.9 Å². The van der Waals surface area contributed by atoms with Gasteiger partial charge in [-0.3, -0.25) is 4.79 Å². The highest BCUT2D eigenvalue weighted by atomic mass is 19.4. The molecule has 6 heteroatoms. The number of benzene rings is 1. The number of nitrogens with one attached hydrogen (secondary N) is 1. The summed E-state index contributed by atoms with van der Waals surface area (Å²) >= 11 is 0. The highest BCUT2D eigenvalue weighted by Crippen LogP contribution is 2.36. The lowest BCUT2D eigenvalue weighted by atomic mass is 10.1. The molecule has 18 heavy (non-hydrogen) atoms. The molecule has 1 amide bonds. The molecule has 1 N–H and O–H groups in total. The Morgan fingerprint density at radius 3 is 2.72 bits per heavy atom. The van der Waals surface area contributed by atoms with Crippen molar-refractivity contribution in [2.24, 2.45) is 0 Å². The first-order valence-electron chi connectivity index (χ1n) is 5.69. The SMILES string of the molecule is CCN1C(=O)CCNc2ccc(C(F)(F)F)cc21. The van der Waals surface area contributed by atoms with Gasteiger partial charge < -0.3 is 10.2 Å². The maximum Gasteiger partial charge on any atom is 0.416 e. The number of rotatable bonds is 1. The van der Waals surface area contributed by atoms with Crippen LogP contribution in [0.4, 0.5) is 24.5 Å². The average molecular weight is 258 g/mol. The standard InChI is InChI=1S/C12H13F3N2O/c1-2-17-10-7-8(12(13,14)15)3-4-9(10)16-6-5-11(17)18/h3-4,7,16H,2,5-6H2,1H3. The summed E-state index contributed by atoms with van der Waals surface area (Å²) in [6.45, 7) is 2.54. The molecule has 1 heterocycles. The van der Waals surface area contributed by atoms with E-state index in [1.54, 1.807) is 6.92 Å². The van der Waals surface area contributed by atoms with E-state index in [1.807, 2.05) is 0 Å². The van der Waals surface area contributed by atoms with Crippen molar-refractivity contribution < 1.29 is 18.0 Å². The van der Waals surface area contributed by atoms with Gasteiger partial charge in [0.15, 0.2) is 0 Å². The smallest absolute Gasteiger partial charge is 0.383 e. The van der Waals surface area contributed by atoms with Crippen LogP contribution in [0.25, 0.3) is 0 Å². The molecule has 98 valence electrons. The van der Waals surface area contributed by atoms with Gasteiger partial charge in [-0.2, -0.15) is 13.2 Å². The normalized spacial score (nSPS) is 16.0. The van der Waals surface area contributed by atoms with Crippen LogP contribution in [0.15, 0.2) is 18.2 Å². The zero-order valence-corrected chi connectivity index (χ0v) is 9.84. The highest BCUT2D eigenvalue weighted by Gasteiger charge is 2.32. The van der Waals surface area contributed by atoms with Crippen molar-refractivity contribution in [2.45, 2.75) is 19.5 Å². The Morgan fingerprint density at radius 1 is 1.39 bits per heavy atom. The second-order valence-electron chi connectivity index (χ2n) is 4.04. The summed E-state index contributed by atoms with van der Waals surface area (Å²) in [6, 6.07) is 3.42. The van der Waals surface area contributed by atoms with Crippen molar-refractivity contribution in [3.05, 3.63) is 23.8 Å². The Balaban J connectivity index is 2.51. The third-order valence-electron chi connectivity index (χ3n) is 2.89. The van der Waals surface area contributed by atoms with Crippen LogP contribution in [0.3, 0.4) is 0 Å². The Labute approximate surface area is 103 Å². The lowest BCUT2D eigenvalue weighted by Crippen LogP contribution is -2.30. The van der Waals surface area contributed by atoms with Gasteiger partial charge in [0, 0.05) is 19.5 Å². The van der Waals surface area contributed by atoms with Crippen molar-refractivity contribution in [3.63, 3.8) is 0 Å². The van der Waals surface area contributed by atoms with E-state index in [-0.39, 0.29) is 12.3 Å². The molecule has 1 aromatic rings. The molecule has 0 atom stereocenters. The summed E-state index contributed by atoms with van der Waals surface area (Å²) < 4.78 is 38.0. The molecule has 0 bridgehead atoms. The number of halogens is 3.